The molecule has 0 amide bonds. The lowest BCUT2D eigenvalue weighted by atomic mass is 10.1. The average Bonchev–Trinajstić information content (AvgIpc) is 3.21. The number of furan rings is 1. The van der Waals surface area contributed by atoms with Gasteiger partial charge in [0.2, 0.25) is 0 Å². The van der Waals surface area contributed by atoms with Crippen molar-refractivity contribution in [1.29, 1.82) is 0 Å². The summed E-state index contributed by atoms with van der Waals surface area (Å²) in [4.78, 5) is 8.14. The summed E-state index contributed by atoms with van der Waals surface area (Å²) in [7, 11) is 0. The van der Waals surface area contributed by atoms with Crippen LogP contribution in [0.3, 0.4) is 0 Å². The van der Waals surface area contributed by atoms with Gasteiger partial charge in [0.05, 0.1) is 12.8 Å². The van der Waals surface area contributed by atoms with Crippen molar-refractivity contribution in [3.8, 4) is 11.3 Å². The van der Waals surface area contributed by atoms with E-state index in [1.165, 1.54) is 18.5 Å². The van der Waals surface area contributed by atoms with Crippen LogP contribution < -0.4 is 5.32 Å². The van der Waals surface area contributed by atoms with E-state index in [9.17, 15) is 8.78 Å². The van der Waals surface area contributed by atoms with Crippen molar-refractivity contribution in [1.82, 2.24) is 15.1 Å². The van der Waals surface area contributed by atoms with E-state index in [1.54, 1.807) is 12.3 Å². The van der Waals surface area contributed by atoms with Gasteiger partial charge in [-0.1, -0.05) is 5.16 Å². The fraction of sp³-hybridized carbons (Fsp3) is 0.0625. The van der Waals surface area contributed by atoms with Crippen LogP contribution in [0.2, 0.25) is 0 Å². The summed E-state index contributed by atoms with van der Waals surface area (Å²) in [5.41, 5.74) is 0.708. The molecule has 120 valence electrons. The van der Waals surface area contributed by atoms with Gasteiger partial charge in [0.1, 0.15) is 40.6 Å². The van der Waals surface area contributed by atoms with Gasteiger partial charge in [-0.15, -0.1) is 0 Å². The lowest BCUT2D eigenvalue weighted by molar-refractivity contribution is 0.451. The number of aromatic nitrogens is 3. The van der Waals surface area contributed by atoms with Gasteiger partial charge in [-0.25, -0.2) is 13.8 Å². The predicted molar refractivity (Wildman–Crippen MR) is 81.0 cm³/mol. The summed E-state index contributed by atoms with van der Waals surface area (Å²) in [6.07, 6.45) is 2.88. The molecule has 1 N–H and O–H groups in total. The SMILES string of the molecule is Fc1cc(F)cc(-c2noc3ncnc(NCc4ccco4)c23)c1. The average molecular weight is 328 g/mol. The number of rotatable bonds is 4. The van der Waals surface area contributed by atoms with Gasteiger partial charge < -0.3 is 14.3 Å². The standard InChI is InChI=1S/C16H10F2N4O2/c17-10-4-9(5-11(18)6-10)14-13-15(19-7-12-2-1-3-23-12)20-8-21-16(13)24-22-14/h1-6,8H,7H2,(H,19,20,21). The maximum Gasteiger partial charge on any atom is 0.263 e. The molecule has 6 nitrogen and oxygen atoms in total. The van der Waals surface area contributed by atoms with Crippen molar-refractivity contribution in [2.45, 2.75) is 6.54 Å². The zero-order valence-corrected chi connectivity index (χ0v) is 12.2. The van der Waals surface area contributed by atoms with Crippen molar-refractivity contribution >= 4 is 16.9 Å². The molecule has 0 fully saturated rings. The van der Waals surface area contributed by atoms with Gasteiger partial charge in [-0.05, 0) is 24.3 Å². The summed E-state index contributed by atoms with van der Waals surface area (Å²) in [5, 5.41) is 7.40. The van der Waals surface area contributed by atoms with Crippen molar-refractivity contribution in [2.24, 2.45) is 0 Å². The van der Waals surface area contributed by atoms with E-state index in [4.69, 9.17) is 8.94 Å². The van der Waals surface area contributed by atoms with Crippen LogP contribution in [-0.4, -0.2) is 15.1 Å². The molecule has 0 radical (unpaired) electrons. The Bertz CT molecular complexity index is 978. The summed E-state index contributed by atoms with van der Waals surface area (Å²) >= 11 is 0. The van der Waals surface area contributed by atoms with Gasteiger partial charge in [0, 0.05) is 11.6 Å². The lowest BCUT2D eigenvalue weighted by Crippen LogP contribution is -2.01. The first-order valence-electron chi connectivity index (χ1n) is 7.04. The third-order valence-corrected chi connectivity index (χ3v) is 3.42. The molecule has 0 bridgehead atoms. The minimum absolute atomic E-state index is 0.214. The second-order valence-corrected chi connectivity index (χ2v) is 5.02. The van der Waals surface area contributed by atoms with Crippen molar-refractivity contribution in [3.05, 3.63) is 60.3 Å². The fourth-order valence-corrected chi connectivity index (χ4v) is 2.39. The molecular formula is C16H10F2N4O2. The highest BCUT2D eigenvalue weighted by Crippen LogP contribution is 2.32. The Balaban J connectivity index is 1.79. The van der Waals surface area contributed by atoms with Gasteiger partial charge >= 0.3 is 0 Å². The van der Waals surface area contributed by atoms with E-state index in [0.29, 0.717) is 23.5 Å². The van der Waals surface area contributed by atoms with E-state index in [2.05, 4.69) is 20.4 Å². The van der Waals surface area contributed by atoms with Crippen molar-refractivity contribution in [3.63, 3.8) is 0 Å². The van der Waals surface area contributed by atoms with Gasteiger partial charge in [-0.3, -0.25) is 0 Å². The van der Waals surface area contributed by atoms with Crippen LogP contribution in [0.25, 0.3) is 22.4 Å². The first kappa shape index (κ1) is 14.3. The minimum atomic E-state index is -0.705. The molecule has 0 spiro atoms. The number of nitrogens with zero attached hydrogens (tertiary/aromatic N) is 3. The molecule has 0 atom stereocenters. The quantitative estimate of drug-likeness (QED) is 0.614. The smallest absolute Gasteiger partial charge is 0.263 e. The number of hydrogen-bond acceptors (Lipinski definition) is 6. The molecule has 8 heteroatoms. The van der Waals surface area contributed by atoms with Crippen molar-refractivity contribution < 1.29 is 17.7 Å². The zero-order chi connectivity index (χ0) is 16.5. The summed E-state index contributed by atoms with van der Waals surface area (Å²) in [6, 6.07) is 6.71. The summed E-state index contributed by atoms with van der Waals surface area (Å²) < 4.78 is 37.4. The fourth-order valence-electron chi connectivity index (χ4n) is 2.39. The van der Waals surface area contributed by atoms with Gasteiger partial charge in [0.25, 0.3) is 5.71 Å². The Labute approximate surface area is 134 Å². The monoisotopic (exact) mass is 328 g/mol. The van der Waals surface area contributed by atoms with E-state index in [1.807, 2.05) is 6.07 Å². The molecule has 0 saturated heterocycles. The van der Waals surface area contributed by atoms with Gasteiger partial charge in [0.15, 0.2) is 0 Å². The van der Waals surface area contributed by atoms with Crippen LogP contribution in [0.15, 0.2) is 51.9 Å². The molecular weight excluding hydrogens is 318 g/mol. The van der Waals surface area contributed by atoms with Crippen LogP contribution in [0.1, 0.15) is 5.76 Å². The number of halogens is 2. The van der Waals surface area contributed by atoms with E-state index >= 15 is 0 Å². The Morgan fingerprint density at radius 2 is 1.92 bits per heavy atom. The van der Waals surface area contributed by atoms with E-state index in [0.717, 1.165) is 6.07 Å². The van der Waals surface area contributed by atoms with Gasteiger partial charge in [-0.2, -0.15) is 4.98 Å². The third kappa shape index (κ3) is 2.58. The number of nitrogens with one attached hydrogen (secondary N) is 1. The molecule has 3 aromatic heterocycles. The highest BCUT2D eigenvalue weighted by molar-refractivity contribution is 5.97. The molecule has 0 saturated carbocycles. The Morgan fingerprint density at radius 1 is 1.08 bits per heavy atom. The van der Waals surface area contributed by atoms with E-state index < -0.39 is 11.6 Å². The van der Waals surface area contributed by atoms with Crippen LogP contribution in [-0.2, 0) is 6.54 Å². The molecule has 3 heterocycles. The molecule has 0 aliphatic heterocycles. The number of fused-ring (bicyclic) bond motifs is 1. The Hall–Kier alpha value is -3.29. The molecule has 1 aromatic carbocycles. The maximum absolute atomic E-state index is 13.5. The normalized spacial score (nSPS) is 11.1. The highest BCUT2D eigenvalue weighted by Gasteiger charge is 2.18. The maximum atomic E-state index is 13.5. The molecule has 0 unspecified atom stereocenters. The molecule has 4 aromatic rings. The second-order valence-electron chi connectivity index (χ2n) is 5.02. The zero-order valence-electron chi connectivity index (χ0n) is 12.2. The Kier molecular flexibility index (Phi) is 3.42. The number of anilines is 1. The molecule has 0 aliphatic rings. The number of hydrogen-bond donors (Lipinski definition) is 1. The minimum Gasteiger partial charge on any atom is -0.467 e. The lowest BCUT2D eigenvalue weighted by Gasteiger charge is -2.05. The second kappa shape index (κ2) is 5.73. The molecule has 24 heavy (non-hydrogen) atoms. The van der Waals surface area contributed by atoms with Crippen molar-refractivity contribution in [2.75, 3.05) is 5.32 Å². The van der Waals surface area contributed by atoms with Crippen LogP contribution >= 0.6 is 0 Å². The molecule has 0 aliphatic carbocycles. The topological polar surface area (TPSA) is 77.0 Å². The predicted octanol–water partition coefficient (Wildman–Crippen LogP) is 3.77. The first-order valence-corrected chi connectivity index (χ1v) is 7.04. The van der Waals surface area contributed by atoms with Crippen LogP contribution in [0.4, 0.5) is 14.6 Å². The van der Waals surface area contributed by atoms with E-state index in [-0.39, 0.29) is 17.0 Å². The van der Waals surface area contributed by atoms with Crippen LogP contribution in [0, 0.1) is 11.6 Å². The summed E-state index contributed by atoms with van der Waals surface area (Å²) in [6.45, 7) is 0.376. The first-order chi connectivity index (χ1) is 11.7. The van der Waals surface area contributed by atoms with Crippen LogP contribution in [0.5, 0.6) is 0 Å². The Morgan fingerprint density at radius 3 is 2.67 bits per heavy atom. The summed E-state index contributed by atoms with van der Waals surface area (Å²) in [5.74, 6) is -0.278. The number of benzene rings is 1. The molecule has 4 rings (SSSR count). The largest absolute Gasteiger partial charge is 0.467 e. The third-order valence-electron chi connectivity index (χ3n) is 3.42. The highest BCUT2D eigenvalue weighted by atomic mass is 19.1.